The van der Waals surface area contributed by atoms with Gasteiger partial charge in [0.25, 0.3) is 0 Å². The maximum Gasteiger partial charge on any atom is 0.361 e. The van der Waals surface area contributed by atoms with Crippen LogP contribution in [0.3, 0.4) is 0 Å². The van der Waals surface area contributed by atoms with Crippen molar-refractivity contribution in [1.29, 1.82) is 0 Å². The summed E-state index contributed by atoms with van der Waals surface area (Å²) in [7, 11) is 0. The van der Waals surface area contributed by atoms with Crippen LogP contribution < -0.4 is 10.6 Å². The monoisotopic (exact) mass is 378 g/mol. The number of hydrogen-bond acceptors (Lipinski definition) is 5. The lowest BCUT2D eigenvalue weighted by Gasteiger charge is -2.11. The van der Waals surface area contributed by atoms with Gasteiger partial charge < -0.3 is 15.4 Å². The second-order valence-electron chi connectivity index (χ2n) is 6.10. The van der Waals surface area contributed by atoms with Gasteiger partial charge in [-0.05, 0) is 46.8 Å². The largest absolute Gasteiger partial charge is 0.458 e. The number of rotatable bonds is 7. The van der Waals surface area contributed by atoms with Crippen LogP contribution in [0.25, 0.3) is 0 Å². The quantitative estimate of drug-likeness (QED) is 0.565. The second-order valence-corrected chi connectivity index (χ2v) is 6.51. The summed E-state index contributed by atoms with van der Waals surface area (Å²) in [5, 5.41) is 15.3. The highest BCUT2D eigenvalue weighted by atomic mass is 32.1. The number of aryl methyl sites for hydroxylation is 3. The van der Waals surface area contributed by atoms with Gasteiger partial charge in [0.05, 0.1) is 17.5 Å². The molecule has 0 aliphatic rings. The molecule has 2 N–H and O–H groups in total. The smallest absolute Gasteiger partial charge is 0.361 e. The number of esters is 1. The van der Waals surface area contributed by atoms with Gasteiger partial charge in [0.15, 0.2) is 10.8 Å². The molecule has 142 valence electrons. The molecule has 0 aromatic carbocycles. The summed E-state index contributed by atoms with van der Waals surface area (Å²) >= 11 is 5.35. The zero-order valence-electron chi connectivity index (χ0n) is 15.9. The molecule has 0 fully saturated rings. The first kappa shape index (κ1) is 19.9. The summed E-state index contributed by atoms with van der Waals surface area (Å²) in [6.45, 7) is 11.5. The van der Waals surface area contributed by atoms with Crippen LogP contribution in [0.5, 0.6) is 0 Å². The standard InChI is InChI=1S/C17H26N6O2S/c1-6-22-9-13(12(5)20-22)8-18-17(26)19-14-10-23(7-2)21-15(14)16(24)25-11(3)4/h9-11H,6-8H2,1-5H3,(H2,18,19,26). The van der Waals surface area contributed by atoms with Gasteiger partial charge in [0.1, 0.15) is 0 Å². The molecule has 0 amide bonds. The zero-order valence-corrected chi connectivity index (χ0v) is 16.7. The fraction of sp³-hybridized carbons (Fsp3) is 0.529. The van der Waals surface area contributed by atoms with E-state index >= 15 is 0 Å². The zero-order chi connectivity index (χ0) is 19.3. The first-order valence-electron chi connectivity index (χ1n) is 8.70. The van der Waals surface area contributed by atoms with E-state index < -0.39 is 5.97 Å². The Labute approximate surface area is 158 Å². The number of aromatic nitrogens is 4. The van der Waals surface area contributed by atoms with E-state index in [1.807, 2.05) is 31.6 Å². The van der Waals surface area contributed by atoms with E-state index in [4.69, 9.17) is 17.0 Å². The highest BCUT2D eigenvalue weighted by molar-refractivity contribution is 7.80. The van der Waals surface area contributed by atoms with E-state index in [1.165, 1.54) is 0 Å². The van der Waals surface area contributed by atoms with Crippen LogP contribution in [0.2, 0.25) is 0 Å². The van der Waals surface area contributed by atoms with Crippen LogP contribution in [0, 0.1) is 6.92 Å². The fourth-order valence-electron chi connectivity index (χ4n) is 2.33. The molecule has 0 saturated heterocycles. The summed E-state index contributed by atoms with van der Waals surface area (Å²) in [5.74, 6) is -0.474. The minimum atomic E-state index is -0.474. The van der Waals surface area contributed by atoms with Gasteiger partial charge in [0, 0.05) is 37.6 Å². The van der Waals surface area contributed by atoms with E-state index in [2.05, 4.69) is 20.8 Å². The van der Waals surface area contributed by atoms with Crippen LogP contribution in [-0.4, -0.2) is 36.7 Å². The first-order valence-corrected chi connectivity index (χ1v) is 9.11. The third kappa shape index (κ3) is 5.04. The van der Waals surface area contributed by atoms with Crippen LogP contribution in [0.1, 0.15) is 49.4 Å². The van der Waals surface area contributed by atoms with Crippen LogP contribution in [-0.2, 0) is 24.4 Å². The molecule has 2 aromatic rings. The SMILES string of the molecule is CCn1cc(CNC(=S)Nc2cn(CC)nc2C(=O)OC(C)C)c(C)n1. The van der Waals surface area contributed by atoms with Crippen molar-refractivity contribution in [3.8, 4) is 0 Å². The number of carbonyl (C=O) groups excluding carboxylic acids is 1. The minimum absolute atomic E-state index is 0.217. The van der Waals surface area contributed by atoms with E-state index in [9.17, 15) is 4.79 Å². The van der Waals surface area contributed by atoms with Gasteiger partial charge in [-0.25, -0.2) is 4.79 Å². The third-order valence-electron chi connectivity index (χ3n) is 3.68. The van der Waals surface area contributed by atoms with Crippen LogP contribution >= 0.6 is 12.2 Å². The molecule has 0 spiro atoms. The van der Waals surface area contributed by atoms with Crippen molar-refractivity contribution in [2.45, 2.75) is 60.4 Å². The molecule has 9 heteroatoms. The minimum Gasteiger partial charge on any atom is -0.458 e. The average molecular weight is 379 g/mol. The van der Waals surface area contributed by atoms with E-state index in [0.717, 1.165) is 17.8 Å². The molecular weight excluding hydrogens is 352 g/mol. The lowest BCUT2D eigenvalue weighted by Crippen LogP contribution is -2.28. The molecular formula is C17H26N6O2S. The third-order valence-corrected chi connectivity index (χ3v) is 3.93. The molecule has 0 saturated carbocycles. The molecule has 2 rings (SSSR count). The van der Waals surface area contributed by atoms with Crippen molar-refractivity contribution in [3.05, 3.63) is 29.3 Å². The van der Waals surface area contributed by atoms with E-state index in [0.29, 0.717) is 23.9 Å². The summed E-state index contributed by atoms with van der Waals surface area (Å²) in [5.41, 5.74) is 2.78. The van der Waals surface area contributed by atoms with Crippen molar-refractivity contribution < 1.29 is 9.53 Å². The Morgan fingerprint density at radius 1 is 1.23 bits per heavy atom. The molecule has 26 heavy (non-hydrogen) atoms. The van der Waals surface area contributed by atoms with E-state index in [-0.39, 0.29) is 11.8 Å². The molecule has 0 aliphatic heterocycles. The van der Waals surface area contributed by atoms with Gasteiger partial charge >= 0.3 is 5.97 Å². The maximum absolute atomic E-state index is 12.2. The number of nitrogens with one attached hydrogen (secondary N) is 2. The summed E-state index contributed by atoms with van der Waals surface area (Å²) in [4.78, 5) is 12.2. The maximum atomic E-state index is 12.2. The summed E-state index contributed by atoms with van der Waals surface area (Å²) in [6.07, 6.45) is 3.52. The summed E-state index contributed by atoms with van der Waals surface area (Å²) in [6, 6.07) is 0. The Balaban J connectivity index is 2.04. The Morgan fingerprint density at radius 3 is 2.46 bits per heavy atom. The lowest BCUT2D eigenvalue weighted by molar-refractivity contribution is 0.0371. The highest BCUT2D eigenvalue weighted by Crippen LogP contribution is 2.16. The summed E-state index contributed by atoms with van der Waals surface area (Å²) < 4.78 is 8.79. The molecule has 8 nitrogen and oxygen atoms in total. The molecule has 0 radical (unpaired) electrons. The van der Waals surface area contributed by atoms with Crippen LogP contribution in [0.15, 0.2) is 12.4 Å². The number of ether oxygens (including phenoxy) is 1. The molecule has 0 atom stereocenters. The topological polar surface area (TPSA) is 86.0 Å². The Bertz CT molecular complexity index is 780. The normalized spacial score (nSPS) is 10.8. The average Bonchev–Trinajstić information content (AvgIpc) is 3.15. The van der Waals surface area contributed by atoms with Crippen molar-refractivity contribution in [2.75, 3.05) is 5.32 Å². The Kier molecular flexibility index (Phi) is 6.73. The molecule has 0 bridgehead atoms. The lowest BCUT2D eigenvalue weighted by atomic mass is 10.3. The van der Waals surface area contributed by atoms with E-state index in [1.54, 1.807) is 24.7 Å². The molecule has 2 heterocycles. The molecule has 2 aromatic heterocycles. The van der Waals surface area contributed by atoms with Crippen molar-refractivity contribution >= 4 is 29.0 Å². The predicted octanol–water partition coefficient (Wildman–Crippen LogP) is 2.48. The number of carbonyl (C=O) groups is 1. The van der Waals surface area contributed by atoms with Gasteiger partial charge in [-0.2, -0.15) is 10.2 Å². The fourth-order valence-corrected chi connectivity index (χ4v) is 2.51. The first-order chi connectivity index (χ1) is 12.3. The van der Waals surface area contributed by atoms with Crippen molar-refractivity contribution in [3.63, 3.8) is 0 Å². The van der Waals surface area contributed by atoms with Crippen molar-refractivity contribution in [2.24, 2.45) is 0 Å². The number of nitrogens with zero attached hydrogens (tertiary/aromatic N) is 4. The number of thiocarbonyl (C=S) groups is 1. The van der Waals surface area contributed by atoms with Gasteiger partial charge in [-0.15, -0.1) is 0 Å². The molecule has 0 unspecified atom stereocenters. The Hall–Kier alpha value is -2.42. The number of anilines is 1. The number of hydrogen-bond donors (Lipinski definition) is 2. The second kappa shape index (κ2) is 8.79. The van der Waals surface area contributed by atoms with Gasteiger partial charge in [-0.1, -0.05) is 0 Å². The van der Waals surface area contributed by atoms with Gasteiger partial charge in [0.2, 0.25) is 0 Å². The highest BCUT2D eigenvalue weighted by Gasteiger charge is 2.20. The molecule has 0 aliphatic carbocycles. The van der Waals surface area contributed by atoms with Gasteiger partial charge in [-0.3, -0.25) is 9.36 Å². The van der Waals surface area contributed by atoms with Crippen molar-refractivity contribution in [1.82, 2.24) is 24.9 Å². The Morgan fingerprint density at radius 2 is 1.88 bits per heavy atom. The predicted molar refractivity (Wildman–Crippen MR) is 104 cm³/mol. The van der Waals surface area contributed by atoms with Crippen LogP contribution in [0.4, 0.5) is 5.69 Å².